The lowest BCUT2D eigenvalue weighted by Crippen LogP contribution is -2.52. The molecule has 0 aromatic carbocycles. The number of amides is 1. The van der Waals surface area contributed by atoms with E-state index in [2.05, 4.69) is 15.9 Å². The number of ether oxygens (including phenoxy) is 1. The molecule has 0 unspecified atom stereocenters. The van der Waals surface area contributed by atoms with Gasteiger partial charge in [-0.1, -0.05) is 15.9 Å². The zero-order valence-electron chi connectivity index (χ0n) is 9.96. The van der Waals surface area contributed by atoms with E-state index >= 15 is 0 Å². The standard InChI is InChI=1S/C11H18BrNO3/c1-11(2,3)16-10(15)13-6-8(7-13)4-9(14)5-12/h8H,4-7H2,1-3H3. The second-order valence-electron chi connectivity index (χ2n) is 5.13. The number of likely N-dealkylation sites (tertiary alicyclic amines) is 1. The molecule has 1 amide bonds. The number of hydrogen-bond donors (Lipinski definition) is 0. The number of ketones is 1. The monoisotopic (exact) mass is 291 g/mol. The summed E-state index contributed by atoms with van der Waals surface area (Å²) < 4.78 is 5.21. The van der Waals surface area contributed by atoms with Gasteiger partial charge in [-0.15, -0.1) is 0 Å². The Kier molecular flexibility index (Phi) is 4.35. The van der Waals surface area contributed by atoms with Crippen LogP contribution < -0.4 is 0 Å². The minimum Gasteiger partial charge on any atom is -0.444 e. The van der Waals surface area contributed by atoms with E-state index in [1.54, 1.807) is 4.90 Å². The number of rotatable bonds is 3. The van der Waals surface area contributed by atoms with Crippen molar-refractivity contribution < 1.29 is 14.3 Å². The van der Waals surface area contributed by atoms with E-state index in [0.717, 1.165) is 0 Å². The second-order valence-corrected chi connectivity index (χ2v) is 5.69. The highest BCUT2D eigenvalue weighted by molar-refractivity contribution is 9.09. The molecule has 0 aromatic heterocycles. The summed E-state index contributed by atoms with van der Waals surface area (Å²) in [5.41, 5.74) is -0.451. The maximum atomic E-state index is 11.6. The Morgan fingerprint density at radius 3 is 2.38 bits per heavy atom. The Morgan fingerprint density at radius 1 is 1.38 bits per heavy atom. The molecule has 0 aromatic rings. The first-order valence-electron chi connectivity index (χ1n) is 5.37. The fraction of sp³-hybridized carbons (Fsp3) is 0.818. The normalized spacial score (nSPS) is 16.9. The first-order chi connectivity index (χ1) is 7.31. The summed E-state index contributed by atoms with van der Waals surface area (Å²) in [6.07, 6.45) is 0.264. The summed E-state index contributed by atoms with van der Waals surface area (Å²) in [6, 6.07) is 0. The summed E-state index contributed by atoms with van der Waals surface area (Å²) in [5.74, 6) is 0.492. The van der Waals surface area contributed by atoms with Gasteiger partial charge < -0.3 is 9.64 Å². The number of alkyl halides is 1. The van der Waals surface area contributed by atoms with E-state index < -0.39 is 5.60 Å². The van der Waals surface area contributed by atoms with Gasteiger partial charge in [0, 0.05) is 25.4 Å². The average molecular weight is 292 g/mol. The summed E-state index contributed by atoms with van der Waals surface area (Å²) in [6.45, 7) is 6.80. The molecule has 0 radical (unpaired) electrons. The molecule has 0 spiro atoms. The second kappa shape index (κ2) is 5.17. The third-order valence-electron chi connectivity index (χ3n) is 2.27. The number of carbonyl (C=O) groups excluding carboxylic acids is 2. The van der Waals surface area contributed by atoms with Crippen LogP contribution in [0.25, 0.3) is 0 Å². The van der Waals surface area contributed by atoms with Crippen molar-refractivity contribution >= 4 is 27.8 Å². The van der Waals surface area contributed by atoms with Crippen molar-refractivity contribution in [1.29, 1.82) is 0 Å². The molecule has 1 rings (SSSR count). The number of hydrogen-bond acceptors (Lipinski definition) is 3. The number of Topliss-reactive ketones (excluding diaryl/α,β-unsaturated/α-hetero) is 1. The first-order valence-corrected chi connectivity index (χ1v) is 6.49. The summed E-state index contributed by atoms with van der Waals surface area (Å²) >= 11 is 3.13. The van der Waals surface area contributed by atoms with Gasteiger partial charge in [0.05, 0.1) is 5.33 Å². The van der Waals surface area contributed by atoms with Crippen molar-refractivity contribution in [2.45, 2.75) is 32.8 Å². The van der Waals surface area contributed by atoms with Gasteiger partial charge in [0.2, 0.25) is 0 Å². The van der Waals surface area contributed by atoms with Gasteiger partial charge >= 0.3 is 6.09 Å². The van der Waals surface area contributed by atoms with Crippen molar-refractivity contribution in [3.63, 3.8) is 0 Å². The maximum absolute atomic E-state index is 11.6. The molecule has 1 aliphatic heterocycles. The van der Waals surface area contributed by atoms with Crippen LogP contribution in [0.1, 0.15) is 27.2 Å². The van der Waals surface area contributed by atoms with Gasteiger partial charge in [0.15, 0.2) is 0 Å². The van der Waals surface area contributed by atoms with Crippen molar-refractivity contribution in [2.24, 2.45) is 5.92 Å². The zero-order chi connectivity index (χ0) is 12.3. The van der Waals surface area contributed by atoms with Gasteiger partial charge in [0.25, 0.3) is 0 Å². The minimum absolute atomic E-state index is 0.189. The molecular formula is C11H18BrNO3. The summed E-state index contributed by atoms with van der Waals surface area (Å²) in [7, 11) is 0. The largest absolute Gasteiger partial charge is 0.444 e. The Bertz CT molecular complexity index is 279. The summed E-state index contributed by atoms with van der Waals surface area (Å²) in [5, 5.41) is 0.399. The van der Waals surface area contributed by atoms with E-state index in [9.17, 15) is 9.59 Å². The smallest absolute Gasteiger partial charge is 0.410 e. The Morgan fingerprint density at radius 2 is 1.94 bits per heavy atom. The highest BCUT2D eigenvalue weighted by Crippen LogP contribution is 2.22. The van der Waals surface area contributed by atoms with Crippen LogP contribution in [0, 0.1) is 5.92 Å². The maximum Gasteiger partial charge on any atom is 0.410 e. The highest BCUT2D eigenvalue weighted by Gasteiger charge is 2.34. The lowest BCUT2D eigenvalue weighted by molar-refractivity contribution is -0.118. The van der Waals surface area contributed by atoms with E-state index in [1.165, 1.54) is 0 Å². The third kappa shape index (κ3) is 4.12. The van der Waals surface area contributed by atoms with Crippen LogP contribution in [-0.2, 0) is 9.53 Å². The van der Waals surface area contributed by atoms with Crippen LogP contribution in [0.2, 0.25) is 0 Å². The molecule has 0 N–H and O–H groups in total. The van der Waals surface area contributed by atoms with Gasteiger partial charge in [-0.25, -0.2) is 4.79 Å². The van der Waals surface area contributed by atoms with E-state index in [4.69, 9.17) is 4.74 Å². The predicted octanol–water partition coefficient (Wildman–Crippen LogP) is 2.21. The summed E-state index contributed by atoms with van der Waals surface area (Å²) in [4.78, 5) is 24.3. The fourth-order valence-electron chi connectivity index (χ4n) is 1.55. The molecule has 0 atom stereocenters. The number of halogens is 1. The van der Waals surface area contributed by atoms with Crippen LogP contribution in [-0.4, -0.2) is 40.8 Å². The molecule has 92 valence electrons. The van der Waals surface area contributed by atoms with Gasteiger partial charge in [-0.3, -0.25) is 4.79 Å². The molecule has 0 bridgehead atoms. The molecule has 16 heavy (non-hydrogen) atoms. The third-order valence-corrected chi connectivity index (χ3v) is 2.90. The lowest BCUT2D eigenvalue weighted by atomic mass is 9.95. The van der Waals surface area contributed by atoms with Crippen LogP contribution >= 0.6 is 15.9 Å². The van der Waals surface area contributed by atoms with Crippen molar-refractivity contribution in [1.82, 2.24) is 4.90 Å². The van der Waals surface area contributed by atoms with Gasteiger partial charge in [0.1, 0.15) is 11.4 Å². The molecule has 1 heterocycles. The van der Waals surface area contributed by atoms with E-state index in [1.807, 2.05) is 20.8 Å². The Hall–Kier alpha value is -0.580. The van der Waals surface area contributed by atoms with Crippen molar-refractivity contribution in [3.8, 4) is 0 Å². The zero-order valence-corrected chi connectivity index (χ0v) is 11.5. The fourth-order valence-corrected chi connectivity index (χ4v) is 1.78. The van der Waals surface area contributed by atoms with Crippen LogP contribution in [0.4, 0.5) is 4.79 Å². The molecule has 0 aliphatic carbocycles. The van der Waals surface area contributed by atoms with Crippen molar-refractivity contribution in [2.75, 3.05) is 18.4 Å². The highest BCUT2D eigenvalue weighted by atomic mass is 79.9. The Balaban J connectivity index is 2.25. The predicted molar refractivity (Wildman–Crippen MR) is 64.7 cm³/mol. The molecule has 4 nitrogen and oxygen atoms in total. The number of carbonyl (C=O) groups is 2. The van der Waals surface area contributed by atoms with Crippen LogP contribution in [0.5, 0.6) is 0 Å². The first kappa shape index (κ1) is 13.5. The van der Waals surface area contributed by atoms with E-state index in [0.29, 0.717) is 30.8 Å². The van der Waals surface area contributed by atoms with Gasteiger partial charge in [-0.05, 0) is 20.8 Å². The van der Waals surface area contributed by atoms with Gasteiger partial charge in [-0.2, -0.15) is 0 Å². The minimum atomic E-state index is -0.451. The van der Waals surface area contributed by atoms with E-state index in [-0.39, 0.29) is 11.9 Å². The average Bonchev–Trinajstić information content (AvgIpc) is 2.06. The van der Waals surface area contributed by atoms with Crippen molar-refractivity contribution in [3.05, 3.63) is 0 Å². The quantitative estimate of drug-likeness (QED) is 0.749. The van der Waals surface area contributed by atoms with Crippen LogP contribution in [0.3, 0.4) is 0 Å². The molecule has 0 saturated carbocycles. The molecular weight excluding hydrogens is 274 g/mol. The Labute approximate surface area is 104 Å². The topological polar surface area (TPSA) is 46.6 Å². The van der Waals surface area contributed by atoms with Crippen LogP contribution in [0.15, 0.2) is 0 Å². The molecule has 1 aliphatic rings. The molecule has 5 heteroatoms. The lowest BCUT2D eigenvalue weighted by Gasteiger charge is -2.39. The number of nitrogens with zero attached hydrogens (tertiary/aromatic N) is 1. The molecule has 1 saturated heterocycles. The molecule has 1 fully saturated rings. The SMILES string of the molecule is CC(C)(C)OC(=O)N1CC(CC(=O)CBr)C1.